The Labute approximate surface area is 148 Å². The van der Waals surface area contributed by atoms with Crippen LogP contribution >= 0.6 is 0 Å². The molecule has 0 aliphatic rings. The van der Waals surface area contributed by atoms with Crippen LogP contribution in [0.4, 0.5) is 13.2 Å². The second-order valence-electron chi connectivity index (χ2n) is 7.34. The summed E-state index contributed by atoms with van der Waals surface area (Å²) in [7, 11) is 0. The lowest BCUT2D eigenvalue weighted by Crippen LogP contribution is -2.44. The first-order valence-electron chi connectivity index (χ1n) is 8.75. The minimum Gasteiger partial charge on any atom is -0.458 e. The second kappa shape index (κ2) is 9.43. The van der Waals surface area contributed by atoms with Crippen molar-refractivity contribution >= 4 is 11.9 Å². The summed E-state index contributed by atoms with van der Waals surface area (Å²) in [5.74, 6) is -2.39. The molecule has 0 rings (SSSR count). The van der Waals surface area contributed by atoms with E-state index in [4.69, 9.17) is 4.74 Å². The van der Waals surface area contributed by atoms with Crippen LogP contribution in [-0.2, 0) is 19.1 Å². The third-order valence-electron chi connectivity index (χ3n) is 4.82. The van der Waals surface area contributed by atoms with Gasteiger partial charge < -0.3 is 9.47 Å². The SMILES string of the molecule is CCC(C(=O)OCC(F)(F)F)C(C)(CC)OC(=O)CCC(C)(C)CC. The first-order chi connectivity index (χ1) is 11.3. The van der Waals surface area contributed by atoms with Crippen molar-refractivity contribution < 1.29 is 32.2 Å². The standard InChI is InChI=1S/C18H31F3O4/c1-7-13(15(23)24-12-18(19,20)21)17(6,9-3)25-14(22)10-11-16(4,5)8-2/h13H,7-12H2,1-6H3. The molecule has 0 amide bonds. The molecular formula is C18H31F3O4. The second-order valence-corrected chi connectivity index (χ2v) is 7.34. The topological polar surface area (TPSA) is 52.6 Å². The van der Waals surface area contributed by atoms with Gasteiger partial charge in [-0.15, -0.1) is 0 Å². The van der Waals surface area contributed by atoms with Gasteiger partial charge in [-0.05, 0) is 31.6 Å². The van der Waals surface area contributed by atoms with Crippen molar-refractivity contribution in [2.45, 2.75) is 85.4 Å². The normalized spacial score (nSPS) is 16.0. The molecule has 0 radical (unpaired) electrons. The fourth-order valence-electron chi connectivity index (χ4n) is 2.42. The number of carbonyl (C=O) groups excluding carboxylic acids is 2. The van der Waals surface area contributed by atoms with Crippen molar-refractivity contribution in [3.8, 4) is 0 Å². The largest absolute Gasteiger partial charge is 0.458 e. The zero-order valence-electron chi connectivity index (χ0n) is 16.1. The smallest absolute Gasteiger partial charge is 0.422 e. The van der Waals surface area contributed by atoms with E-state index >= 15 is 0 Å². The van der Waals surface area contributed by atoms with Crippen LogP contribution < -0.4 is 0 Å². The molecule has 0 aliphatic carbocycles. The Balaban J connectivity index is 4.95. The van der Waals surface area contributed by atoms with Gasteiger partial charge >= 0.3 is 18.1 Å². The minimum absolute atomic E-state index is 0.00255. The average molecular weight is 368 g/mol. The fourth-order valence-corrected chi connectivity index (χ4v) is 2.42. The van der Waals surface area contributed by atoms with Crippen molar-refractivity contribution in [1.29, 1.82) is 0 Å². The van der Waals surface area contributed by atoms with Crippen molar-refractivity contribution in [2.24, 2.45) is 11.3 Å². The highest BCUT2D eigenvalue weighted by atomic mass is 19.4. The van der Waals surface area contributed by atoms with Gasteiger partial charge in [-0.1, -0.05) is 41.0 Å². The molecule has 0 saturated carbocycles. The molecular weight excluding hydrogens is 337 g/mol. The van der Waals surface area contributed by atoms with Crippen molar-refractivity contribution in [1.82, 2.24) is 0 Å². The summed E-state index contributed by atoms with van der Waals surface area (Å²) in [4.78, 5) is 24.2. The van der Waals surface area contributed by atoms with Crippen LogP contribution in [-0.4, -0.2) is 30.3 Å². The summed E-state index contributed by atoms with van der Waals surface area (Å²) < 4.78 is 46.6. The highest BCUT2D eigenvalue weighted by Gasteiger charge is 2.42. The Kier molecular flexibility index (Phi) is 8.95. The fraction of sp³-hybridized carbons (Fsp3) is 0.889. The molecule has 4 nitrogen and oxygen atoms in total. The monoisotopic (exact) mass is 368 g/mol. The summed E-state index contributed by atoms with van der Waals surface area (Å²) >= 11 is 0. The number of alkyl halides is 3. The molecule has 7 heteroatoms. The van der Waals surface area contributed by atoms with Gasteiger partial charge in [-0.2, -0.15) is 13.2 Å². The molecule has 0 fully saturated rings. The van der Waals surface area contributed by atoms with E-state index in [-0.39, 0.29) is 18.3 Å². The molecule has 0 N–H and O–H groups in total. The Hall–Kier alpha value is -1.27. The maximum Gasteiger partial charge on any atom is 0.422 e. The molecule has 2 atom stereocenters. The lowest BCUT2D eigenvalue weighted by Gasteiger charge is -2.35. The van der Waals surface area contributed by atoms with Gasteiger partial charge in [0.15, 0.2) is 6.61 Å². The van der Waals surface area contributed by atoms with Crippen LogP contribution in [0.1, 0.15) is 73.6 Å². The van der Waals surface area contributed by atoms with E-state index in [1.54, 1.807) is 20.8 Å². The Bertz CT molecular complexity index is 446. The minimum atomic E-state index is -4.58. The van der Waals surface area contributed by atoms with E-state index in [0.717, 1.165) is 6.42 Å². The molecule has 0 aromatic heterocycles. The summed E-state index contributed by atoms with van der Waals surface area (Å²) in [6.45, 7) is 9.43. The number of rotatable bonds is 10. The van der Waals surface area contributed by atoms with Gasteiger partial charge in [0.2, 0.25) is 0 Å². The summed E-state index contributed by atoms with van der Waals surface area (Å²) in [5.41, 5.74) is -1.19. The lowest BCUT2D eigenvalue weighted by molar-refractivity contribution is -0.198. The summed E-state index contributed by atoms with van der Waals surface area (Å²) in [5, 5.41) is 0. The number of carbonyl (C=O) groups is 2. The number of hydrogen-bond donors (Lipinski definition) is 0. The van der Waals surface area contributed by atoms with Crippen LogP contribution in [0.2, 0.25) is 0 Å². The van der Waals surface area contributed by atoms with Crippen LogP contribution in [0.3, 0.4) is 0 Å². The molecule has 148 valence electrons. The molecule has 0 bridgehead atoms. The first kappa shape index (κ1) is 23.7. The summed E-state index contributed by atoms with van der Waals surface area (Å²) in [6.07, 6.45) is -2.32. The number of hydrogen-bond acceptors (Lipinski definition) is 4. The average Bonchev–Trinajstić information content (AvgIpc) is 2.51. The predicted octanol–water partition coefficient (Wildman–Crippen LogP) is 5.05. The van der Waals surface area contributed by atoms with E-state index < -0.39 is 36.2 Å². The first-order valence-corrected chi connectivity index (χ1v) is 8.75. The number of halogens is 3. The van der Waals surface area contributed by atoms with Gasteiger partial charge in [0.25, 0.3) is 0 Å². The van der Waals surface area contributed by atoms with Crippen molar-refractivity contribution in [3.05, 3.63) is 0 Å². The number of esters is 2. The highest BCUT2D eigenvalue weighted by Crippen LogP contribution is 2.32. The Morgan fingerprint density at radius 3 is 1.96 bits per heavy atom. The van der Waals surface area contributed by atoms with Gasteiger partial charge in [-0.25, -0.2) is 0 Å². The van der Waals surface area contributed by atoms with Crippen LogP contribution in [0.5, 0.6) is 0 Å². The molecule has 0 aromatic rings. The predicted molar refractivity (Wildman–Crippen MR) is 88.9 cm³/mol. The maximum atomic E-state index is 12.3. The van der Waals surface area contributed by atoms with Gasteiger partial charge in [0, 0.05) is 6.42 Å². The molecule has 0 saturated heterocycles. The summed E-state index contributed by atoms with van der Waals surface area (Å²) in [6, 6.07) is 0. The van der Waals surface area contributed by atoms with Crippen LogP contribution in [0.15, 0.2) is 0 Å². The quantitative estimate of drug-likeness (QED) is 0.507. The Morgan fingerprint density at radius 1 is 1.00 bits per heavy atom. The molecule has 0 aliphatic heterocycles. The van der Waals surface area contributed by atoms with Crippen LogP contribution in [0, 0.1) is 11.3 Å². The highest BCUT2D eigenvalue weighted by molar-refractivity contribution is 5.75. The maximum absolute atomic E-state index is 12.3. The number of ether oxygens (including phenoxy) is 2. The van der Waals surface area contributed by atoms with E-state index in [1.165, 1.54) is 0 Å². The van der Waals surface area contributed by atoms with E-state index in [0.29, 0.717) is 12.8 Å². The van der Waals surface area contributed by atoms with Crippen molar-refractivity contribution in [2.75, 3.05) is 6.61 Å². The third kappa shape index (κ3) is 8.59. The van der Waals surface area contributed by atoms with Crippen LogP contribution in [0.25, 0.3) is 0 Å². The zero-order valence-corrected chi connectivity index (χ0v) is 16.1. The van der Waals surface area contributed by atoms with E-state index in [2.05, 4.69) is 4.74 Å². The van der Waals surface area contributed by atoms with Gasteiger partial charge in [0.05, 0.1) is 5.92 Å². The molecule has 0 aromatic carbocycles. The molecule has 2 unspecified atom stereocenters. The van der Waals surface area contributed by atoms with E-state index in [1.807, 2.05) is 20.8 Å². The Morgan fingerprint density at radius 2 is 1.56 bits per heavy atom. The molecule has 0 heterocycles. The zero-order chi connectivity index (χ0) is 19.9. The van der Waals surface area contributed by atoms with E-state index in [9.17, 15) is 22.8 Å². The van der Waals surface area contributed by atoms with Gasteiger partial charge in [-0.3, -0.25) is 9.59 Å². The third-order valence-corrected chi connectivity index (χ3v) is 4.82. The molecule has 25 heavy (non-hydrogen) atoms. The van der Waals surface area contributed by atoms with Gasteiger partial charge in [0.1, 0.15) is 5.60 Å². The lowest BCUT2D eigenvalue weighted by atomic mass is 9.83. The van der Waals surface area contributed by atoms with Crippen molar-refractivity contribution in [3.63, 3.8) is 0 Å². The molecule has 0 spiro atoms.